The Balaban J connectivity index is 1.63. The van der Waals surface area contributed by atoms with Crippen LogP contribution in [0.25, 0.3) is 44.2 Å². The number of methoxy groups -OCH3 is 3. The van der Waals surface area contributed by atoms with Crippen LogP contribution in [0.1, 0.15) is 22.9 Å². The van der Waals surface area contributed by atoms with Crippen LogP contribution in [0.15, 0.2) is 84.9 Å². The molecule has 0 spiro atoms. The van der Waals surface area contributed by atoms with Crippen molar-refractivity contribution >= 4 is 16.5 Å². The second-order valence-electron chi connectivity index (χ2n) is 10.3. The average Bonchev–Trinajstić information content (AvgIpc) is 3.03. The van der Waals surface area contributed by atoms with Crippen molar-refractivity contribution in [1.82, 2.24) is 0 Å². The molecular formula is C35H34NO5+. The second-order valence-corrected chi connectivity index (χ2v) is 10.3. The summed E-state index contributed by atoms with van der Waals surface area (Å²) in [5.74, 6) is 1.33. The fraction of sp³-hybridized carbons (Fsp3) is 0.200. The van der Waals surface area contributed by atoms with Gasteiger partial charge in [0, 0.05) is 23.6 Å². The average molecular weight is 549 g/mol. The molecule has 3 N–H and O–H groups in total. The van der Waals surface area contributed by atoms with Gasteiger partial charge < -0.3 is 24.4 Å². The van der Waals surface area contributed by atoms with Gasteiger partial charge in [0.2, 0.25) is 6.23 Å². The lowest BCUT2D eigenvalue weighted by Crippen LogP contribution is -3.05. The lowest BCUT2D eigenvalue weighted by molar-refractivity contribution is -0.874. The maximum Gasteiger partial charge on any atom is 0.223 e. The highest BCUT2D eigenvalue weighted by atomic mass is 16.5. The van der Waals surface area contributed by atoms with Crippen LogP contribution in [0.5, 0.6) is 11.5 Å². The van der Waals surface area contributed by atoms with Gasteiger partial charge in [0.05, 0.1) is 40.0 Å². The summed E-state index contributed by atoms with van der Waals surface area (Å²) in [6.07, 6.45) is -0.376. The Labute approximate surface area is 240 Å². The van der Waals surface area contributed by atoms with Gasteiger partial charge in [-0.3, -0.25) is 4.90 Å². The van der Waals surface area contributed by atoms with Gasteiger partial charge in [-0.25, -0.2) is 0 Å². The van der Waals surface area contributed by atoms with E-state index in [1.807, 2.05) is 36.4 Å². The van der Waals surface area contributed by atoms with Crippen molar-refractivity contribution in [2.75, 3.05) is 28.4 Å². The summed E-state index contributed by atoms with van der Waals surface area (Å²) in [6.45, 7) is -0.323. The van der Waals surface area contributed by atoms with E-state index in [0.29, 0.717) is 22.6 Å². The third-order valence-electron chi connectivity index (χ3n) is 8.30. The monoisotopic (exact) mass is 548 g/mol. The Kier molecular flexibility index (Phi) is 7.24. The predicted octanol–water partition coefficient (Wildman–Crippen LogP) is 5.65. The van der Waals surface area contributed by atoms with E-state index in [-0.39, 0.29) is 19.4 Å². The molecule has 0 bridgehead atoms. The van der Waals surface area contributed by atoms with Crippen molar-refractivity contribution in [2.45, 2.75) is 19.4 Å². The van der Waals surface area contributed by atoms with E-state index < -0.39 is 0 Å². The lowest BCUT2D eigenvalue weighted by atomic mass is 9.84. The quantitative estimate of drug-likeness (QED) is 0.245. The number of hydrogen-bond donors (Lipinski definition) is 3. The van der Waals surface area contributed by atoms with Crippen molar-refractivity contribution in [3.63, 3.8) is 0 Å². The highest BCUT2D eigenvalue weighted by Crippen LogP contribution is 2.49. The molecule has 2 atom stereocenters. The minimum absolute atomic E-state index is 0.146. The first-order chi connectivity index (χ1) is 20.1. The number of quaternary nitrogens is 1. The summed E-state index contributed by atoms with van der Waals surface area (Å²) in [5.41, 5.74) is 9.74. The highest BCUT2D eigenvalue weighted by molar-refractivity contribution is 6.09. The molecular weight excluding hydrogens is 514 g/mol. The SMILES string of the molecule is COc1cc2c3c(ccc2c(-c2ccc(-c4ccccc4)cc2)c1OC)-c1ccc(CO)c(CO)c1C(OC)[NH+]3C. The topological polar surface area (TPSA) is 72.6 Å². The van der Waals surface area contributed by atoms with Crippen LogP contribution < -0.4 is 14.4 Å². The molecule has 0 saturated carbocycles. The summed E-state index contributed by atoms with van der Waals surface area (Å²) < 4.78 is 17.9. The van der Waals surface area contributed by atoms with Crippen molar-refractivity contribution < 1.29 is 29.3 Å². The van der Waals surface area contributed by atoms with E-state index in [2.05, 4.69) is 55.6 Å². The van der Waals surface area contributed by atoms with Gasteiger partial charge in [0.15, 0.2) is 11.5 Å². The zero-order chi connectivity index (χ0) is 28.7. The summed E-state index contributed by atoms with van der Waals surface area (Å²) in [6, 6.07) is 29.1. The Morgan fingerprint density at radius 3 is 2.02 bits per heavy atom. The van der Waals surface area contributed by atoms with E-state index in [0.717, 1.165) is 60.3 Å². The molecule has 41 heavy (non-hydrogen) atoms. The van der Waals surface area contributed by atoms with Crippen LogP contribution >= 0.6 is 0 Å². The Morgan fingerprint density at radius 1 is 0.707 bits per heavy atom. The minimum atomic E-state index is -0.376. The first-order valence-electron chi connectivity index (χ1n) is 13.7. The number of aliphatic hydroxyl groups is 2. The van der Waals surface area contributed by atoms with E-state index in [9.17, 15) is 10.2 Å². The van der Waals surface area contributed by atoms with Crippen LogP contribution in [0, 0.1) is 0 Å². The first kappa shape index (κ1) is 27.0. The molecule has 0 saturated heterocycles. The molecule has 208 valence electrons. The molecule has 5 aromatic rings. The van der Waals surface area contributed by atoms with Gasteiger partial charge in [-0.2, -0.15) is 0 Å². The van der Waals surface area contributed by atoms with Crippen molar-refractivity contribution in [3.8, 4) is 44.9 Å². The lowest BCUT2D eigenvalue weighted by Gasteiger charge is -2.34. The summed E-state index contributed by atoms with van der Waals surface area (Å²) in [4.78, 5) is 1.03. The molecule has 0 fully saturated rings. The first-order valence-corrected chi connectivity index (χ1v) is 13.7. The van der Waals surface area contributed by atoms with E-state index in [4.69, 9.17) is 14.2 Å². The van der Waals surface area contributed by atoms with Crippen LogP contribution in [0.2, 0.25) is 0 Å². The number of fused-ring (bicyclic) bond motifs is 5. The molecule has 2 unspecified atom stereocenters. The smallest absolute Gasteiger partial charge is 0.223 e. The highest BCUT2D eigenvalue weighted by Gasteiger charge is 2.38. The van der Waals surface area contributed by atoms with E-state index in [1.54, 1.807) is 21.3 Å². The van der Waals surface area contributed by atoms with E-state index >= 15 is 0 Å². The molecule has 5 aromatic carbocycles. The maximum atomic E-state index is 10.3. The van der Waals surface area contributed by atoms with Crippen LogP contribution in [0.3, 0.4) is 0 Å². The van der Waals surface area contributed by atoms with E-state index in [1.165, 1.54) is 0 Å². The van der Waals surface area contributed by atoms with Crippen LogP contribution in [-0.2, 0) is 18.0 Å². The second kappa shape index (κ2) is 11.0. The van der Waals surface area contributed by atoms with Crippen molar-refractivity contribution in [2.24, 2.45) is 0 Å². The Bertz CT molecular complexity index is 1730. The number of ether oxygens (including phenoxy) is 3. The number of benzene rings is 5. The standard InChI is InChI=1S/C35H33NO5/c1-36-33-27(25-15-14-24(19-37)29(20-38)32(25)35(36)41-4)17-16-26-28(33)18-30(39-2)34(40-3)31(26)23-12-10-22(11-13-23)21-8-6-5-7-9-21/h5-18,35,37-38H,19-20H2,1-4H3/p+1. The third-order valence-corrected chi connectivity index (χ3v) is 8.30. The maximum absolute atomic E-state index is 10.3. The van der Waals surface area contributed by atoms with Gasteiger partial charge in [-0.1, -0.05) is 72.8 Å². The zero-order valence-corrected chi connectivity index (χ0v) is 23.7. The Morgan fingerprint density at radius 2 is 1.39 bits per heavy atom. The Hall–Kier alpha value is -4.20. The molecule has 6 heteroatoms. The molecule has 6 rings (SSSR count). The largest absolute Gasteiger partial charge is 0.493 e. The van der Waals surface area contributed by atoms with Crippen molar-refractivity contribution in [3.05, 3.63) is 102 Å². The fourth-order valence-electron chi connectivity index (χ4n) is 6.40. The number of hydrogen-bond acceptors (Lipinski definition) is 5. The van der Waals surface area contributed by atoms with Gasteiger partial charge >= 0.3 is 0 Å². The van der Waals surface area contributed by atoms with Gasteiger partial charge in [0.1, 0.15) is 5.69 Å². The summed E-state index contributed by atoms with van der Waals surface area (Å²) in [7, 11) is 7.10. The molecule has 1 aliphatic rings. The molecule has 0 aliphatic carbocycles. The van der Waals surface area contributed by atoms with Gasteiger partial charge in [-0.15, -0.1) is 0 Å². The van der Waals surface area contributed by atoms with Gasteiger partial charge in [-0.05, 0) is 50.9 Å². The summed E-state index contributed by atoms with van der Waals surface area (Å²) in [5, 5.41) is 22.3. The fourth-order valence-corrected chi connectivity index (χ4v) is 6.40. The predicted molar refractivity (Wildman–Crippen MR) is 162 cm³/mol. The molecule has 1 heterocycles. The van der Waals surface area contributed by atoms with Crippen LogP contribution in [-0.4, -0.2) is 38.6 Å². The molecule has 6 nitrogen and oxygen atoms in total. The molecule has 0 aromatic heterocycles. The zero-order valence-electron chi connectivity index (χ0n) is 23.7. The van der Waals surface area contributed by atoms with Gasteiger partial charge in [0.25, 0.3) is 0 Å². The number of aliphatic hydroxyl groups excluding tert-OH is 2. The third kappa shape index (κ3) is 4.28. The summed E-state index contributed by atoms with van der Waals surface area (Å²) >= 11 is 0. The molecule has 0 amide bonds. The number of nitrogens with one attached hydrogen (secondary N) is 1. The van der Waals surface area contributed by atoms with Crippen LogP contribution in [0.4, 0.5) is 5.69 Å². The number of rotatable bonds is 7. The normalized spacial score (nSPS) is 15.9. The molecule has 0 radical (unpaired) electrons. The minimum Gasteiger partial charge on any atom is -0.493 e. The molecule has 1 aliphatic heterocycles. The van der Waals surface area contributed by atoms with Crippen molar-refractivity contribution in [1.29, 1.82) is 0 Å².